The molecule has 1 aliphatic carbocycles. The summed E-state index contributed by atoms with van der Waals surface area (Å²) < 4.78 is 10.8. The zero-order valence-corrected chi connectivity index (χ0v) is 21.1. The third-order valence-corrected chi connectivity index (χ3v) is 6.99. The second-order valence-corrected chi connectivity index (χ2v) is 9.73. The van der Waals surface area contributed by atoms with Crippen LogP contribution in [0.1, 0.15) is 56.6 Å². The van der Waals surface area contributed by atoms with E-state index in [0.29, 0.717) is 39.7 Å². The minimum absolute atomic E-state index is 0.00649. The van der Waals surface area contributed by atoms with Gasteiger partial charge >= 0.3 is 5.97 Å². The van der Waals surface area contributed by atoms with Gasteiger partial charge in [0.25, 0.3) is 0 Å². The van der Waals surface area contributed by atoms with E-state index in [1.54, 1.807) is 33.1 Å². The fourth-order valence-electron chi connectivity index (χ4n) is 4.72. The molecule has 34 heavy (non-hydrogen) atoms. The standard InChI is InChI=1S/C27H27Cl2NO4/c1-14(2)34-27(32)24-15(3)30-22-12-18(16-5-8-19(33-4)9-6-16)13-23(31)26(22)25(24)17-7-10-20(28)21(29)11-17/h5-11,14,18,25,30H,12-13H2,1-4H3/t18-,25+/m1/s1. The van der Waals surface area contributed by atoms with Crippen molar-refractivity contribution in [3.8, 4) is 5.75 Å². The third-order valence-electron chi connectivity index (χ3n) is 6.25. The highest BCUT2D eigenvalue weighted by Gasteiger charge is 2.41. The van der Waals surface area contributed by atoms with Gasteiger partial charge in [0.2, 0.25) is 0 Å². The smallest absolute Gasteiger partial charge is 0.337 e. The molecule has 2 atom stereocenters. The first-order valence-corrected chi connectivity index (χ1v) is 12.0. The van der Waals surface area contributed by atoms with Crippen LogP contribution >= 0.6 is 23.2 Å². The summed E-state index contributed by atoms with van der Waals surface area (Å²) >= 11 is 12.5. The van der Waals surface area contributed by atoms with Gasteiger partial charge in [-0.15, -0.1) is 0 Å². The van der Waals surface area contributed by atoms with Crippen LogP contribution < -0.4 is 10.1 Å². The van der Waals surface area contributed by atoms with Crippen molar-refractivity contribution in [1.29, 1.82) is 0 Å². The van der Waals surface area contributed by atoms with Gasteiger partial charge in [-0.05, 0) is 68.5 Å². The molecule has 5 nitrogen and oxygen atoms in total. The average Bonchev–Trinajstić information content (AvgIpc) is 2.79. The number of dihydropyridines is 1. The van der Waals surface area contributed by atoms with Gasteiger partial charge in [0.1, 0.15) is 5.75 Å². The summed E-state index contributed by atoms with van der Waals surface area (Å²) in [6.45, 7) is 5.44. The predicted octanol–water partition coefficient (Wildman–Crippen LogP) is 6.32. The summed E-state index contributed by atoms with van der Waals surface area (Å²) in [6, 6.07) is 13.0. The Morgan fingerprint density at radius 2 is 1.71 bits per heavy atom. The molecule has 0 aromatic heterocycles. The number of carbonyl (C=O) groups is 2. The molecule has 1 N–H and O–H groups in total. The molecular formula is C27H27Cl2NO4. The number of ether oxygens (including phenoxy) is 2. The van der Waals surface area contributed by atoms with Crippen LogP contribution in [0.3, 0.4) is 0 Å². The van der Waals surface area contributed by atoms with E-state index in [9.17, 15) is 9.59 Å². The summed E-state index contributed by atoms with van der Waals surface area (Å²) in [4.78, 5) is 26.8. The molecule has 0 fully saturated rings. The number of rotatable bonds is 5. The highest BCUT2D eigenvalue weighted by molar-refractivity contribution is 6.42. The molecule has 0 amide bonds. The molecule has 2 aliphatic rings. The summed E-state index contributed by atoms with van der Waals surface area (Å²) in [5.74, 6) is -0.244. The normalized spacial score (nSPS) is 20.3. The summed E-state index contributed by atoms with van der Waals surface area (Å²) in [6.07, 6.45) is 0.699. The van der Waals surface area contributed by atoms with Crippen molar-refractivity contribution in [2.24, 2.45) is 0 Å². The molecule has 0 spiro atoms. The topological polar surface area (TPSA) is 64.6 Å². The van der Waals surface area contributed by atoms with Crippen molar-refractivity contribution in [1.82, 2.24) is 5.32 Å². The van der Waals surface area contributed by atoms with Crippen molar-refractivity contribution < 1.29 is 19.1 Å². The number of esters is 1. The van der Waals surface area contributed by atoms with E-state index in [0.717, 1.165) is 22.6 Å². The van der Waals surface area contributed by atoms with Gasteiger partial charge in [0.15, 0.2) is 5.78 Å². The predicted molar refractivity (Wildman–Crippen MR) is 133 cm³/mol. The SMILES string of the molecule is COc1ccc([C@H]2CC(=O)C3=C(C2)NC(C)=C(C(=O)OC(C)C)[C@@H]3c2ccc(Cl)c(Cl)c2)cc1. The van der Waals surface area contributed by atoms with Crippen LogP contribution in [0.25, 0.3) is 0 Å². The molecule has 1 aliphatic heterocycles. The molecule has 7 heteroatoms. The number of halogens is 2. The number of Topliss-reactive ketones (excluding diaryl/α,β-unsaturated/α-hetero) is 1. The molecule has 0 bridgehead atoms. The van der Waals surface area contributed by atoms with Crippen LogP contribution in [0, 0.1) is 0 Å². The largest absolute Gasteiger partial charge is 0.497 e. The van der Waals surface area contributed by atoms with Crippen LogP contribution in [0.4, 0.5) is 0 Å². The maximum Gasteiger partial charge on any atom is 0.337 e. The number of methoxy groups -OCH3 is 1. The summed E-state index contributed by atoms with van der Waals surface area (Å²) in [5, 5.41) is 4.14. The zero-order valence-electron chi connectivity index (χ0n) is 19.6. The monoisotopic (exact) mass is 499 g/mol. The number of allylic oxidation sites excluding steroid dienone is 3. The Balaban J connectivity index is 1.78. The lowest BCUT2D eigenvalue weighted by molar-refractivity contribution is -0.143. The van der Waals surface area contributed by atoms with Crippen molar-refractivity contribution in [2.75, 3.05) is 7.11 Å². The van der Waals surface area contributed by atoms with Gasteiger partial charge in [-0.2, -0.15) is 0 Å². The van der Waals surface area contributed by atoms with Crippen LogP contribution in [-0.4, -0.2) is 25.0 Å². The zero-order chi connectivity index (χ0) is 24.6. The highest BCUT2D eigenvalue weighted by atomic mass is 35.5. The number of hydrogen-bond donors (Lipinski definition) is 1. The summed E-state index contributed by atoms with van der Waals surface area (Å²) in [5.41, 5.74) is 4.30. The third kappa shape index (κ3) is 4.73. The Morgan fingerprint density at radius 3 is 2.32 bits per heavy atom. The van der Waals surface area contributed by atoms with Gasteiger partial charge in [0.05, 0.1) is 28.8 Å². The van der Waals surface area contributed by atoms with Crippen LogP contribution in [0.2, 0.25) is 10.0 Å². The Kier molecular flexibility index (Phi) is 7.06. The maximum absolute atomic E-state index is 13.6. The number of benzene rings is 2. The molecule has 1 heterocycles. The van der Waals surface area contributed by atoms with E-state index in [-0.39, 0.29) is 17.8 Å². The van der Waals surface area contributed by atoms with Crippen LogP contribution in [0.15, 0.2) is 65.0 Å². The lowest BCUT2D eigenvalue weighted by atomic mass is 9.71. The van der Waals surface area contributed by atoms with Gasteiger partial charge in [-0.3, -0.25) is 4.79 Å². The number of carbonyl (C=O) groups excluding carboxylic acids is 2. The first-order chi connectivity index (χ1) is 16.2. The maximum atomic E-state index is 13.6. The molecule has 0 radical (unpaired) electrons. The second kappa shape index (κ2) is 9.85. The molecule has 2 aromatic carbocycles. The number of ketones is 1. The number of nitrogens with one attached hydrogen (secondary N) is 1. The Hall–Kier alpha value is -2.76. The first-order valence-electron chi connectivity index (χ1n) is 11.2. The van der Waals surface area contributed by atoms with E-state index in [1.165, 1.54) is 0 Å². The van der Waals surface area contributed by atoms with E-state index in [2.05, 4.69) is 5.32 Å². The summed E-state index contributed by atoms with van der Waals surface area (Å²) in [7, 11) is 1.63. The Bertz CT molecular complexity index is 1200. The van der Waals surface area contributed by atoms with Crippen molar-refractivity contribution in [2.45, 2.75) is 51.6 Å². The van der Waals surface area contributed by atoms with Crippen molar-refractivity contribution in [3.05, 3.63) is 86.2 Å². The van der Waals surface area contributed by atoms with Crippen LogP contribution in [-0.2, 0) is 14.3 Å². The minimum Gasteiger partial charge on any atom is -0.497 e. The van der Waals surface area contributed by atoms with Gasteiger partial charge in [-0.25, -0.2) is 4.79 Å². The van der Waals surface area contributed by atoms with E-state index in [1.807, 2.05) is 37.3 Å². The van der Waals surface area contributed by atoms with Crippen molar-refractivity contribution >= 4 is 35.0 Å². The minimum atomic E-state index is -0.582. The Labute approximate surface area is 209 Å². The average molecular weight is 500 g/mol. The molecular weight excluding hydrogens is 473 g/mol. The van der Waals surface area contributed by atoms with E-state index >= 15 is 0 Å². The molecule has 0 saturated heterocycles. The first kappa shape index (κ1) is 24.4. The van der Waals surface area contributed by atoms with E-state index in [4.69, 9.17) is 32.7 Å². The van der Waals surface area contributed by atoms with Gasteiger partial charge in [-0.1, -0.05) is 41.4 Å². The van der Waals surface area contributed by atoms with E-state index < -0.39 is 11.9 Å². The fraction of sp³-hybridized carbons (Fsp3) is 0.333. The molecule has 0 unspecified atom stereocenters. The second-order valence-electron chi connectivity index (χ2n) is 8.92. The highest BCUT2D eigenvalue weighted by Crippen LogP contribution is 2.46. The lowest BCUT2D eigenvalue weighted by Crippen LogP contribution is -2.36. The molecule has 178 valence electrons. The Morgan fingerprint density at radius 1 is 1.03 bits per heavy atom. The van der Waals surface area contributed by atoms with Crippen molar-refractivity contribution in [3.63, 3.8) is 0 Å². The number of hydrogen-bond acceptors (Lipinski definition) is 5. The van der Waals surface area contributed by atoms with Gasteiger partial charge in [0, 0.05) is 29.3 Å². The molecule has 0 saturated carbocycles. The quantitative estimate of drug-likeness (QED) is 0.487. The fourth-order valence-corrected chi connectivity index (χ4v) is 5.03. The van der Waals surface area contributed by atoms with Crippen LogP contribution in [0.5, 0.6) is 5.75 Å². The molecule has 4 rings (SSSR count). The molecule has 2 aromatic rings. The lowest BCUT2D eigenvalue weighted by Gasteiger charge is -2.37. The van der Waals surface area contributed by atoms with Gasteiger partial charge < -0.3 is 14.8 Å².